The van der Waals surface area contributed by atoms with Gasteiger partial charge in [0.2, 0.25) is 0 Å². The average Bonchev–Trinajstić information content (AvgIpc) is 2.89. The number of fused-ring (bicyclic) bond motifs is 1. The fourth-order valence-electron chi connectivity index (χ4n) is 2.47. The number of carbonyl (C=O) groups is 1. The lowest BCUT2D eigenvalue weighted by Gasteiger charge is -2.27. The zero-order valence-corrected chi connectivity index (χ0v) is 12.0. The molecule has 0 saturated carbocycles. The Hall–Kier alpha value is -1.49. The van der Waals surface area contributed by atoms with Crippen LogP contribution in [0.4, 0.5) is 0 Å². The Morgan fingerprint density at radius 2 is 1.95 bits per heavy atom. The van der Waals surface area contributed by atoms with Crippen LogP contribution in [-0.2, 0) is 28.0 Å². The van der Waals surface area contributed by atoms with Gasteiger partial charge in [-0.05, 0) is 0 Å². The summed E-state index contributed by atoms with van der Waals surface area (Å²) in [4.78, 5) is 14.0. The maximum Gasteiger partial charge on any atom is 0.336 e. The zero-order valence-electron chi connectivity index (χ0n) is 11.2. The Morgan fingerprint density at radius 1 is 1.24 bits per heavy atom. The van der Waals surface area contributed by atoms with Gasteiger partial charge in [-0.15, -0.1) is 0 Å². The number of hydrogen-bond donors (Lipinski definition) is 1. The number of amides is 1. The van der Waals surface area contributed by atoms with Crippen LogP contribution in [0.2, 0.25) is 0 Å². The molecule has 10 heteroatoms. The average molecular weight is 317 g/mol. The number of nitrogens with zero attached hydrogens (tertiary/aromatic N) is 3. The van der Waals surface area contributed by atoms with Crippen LogP contribution in [0.3, 0.4) is 0 Å². The van der Waals surface area contributed by atoms with Crippen molar-refractivity contribution in [1.82, 2.24) is 14.4 Å². The Kier molecular flexibility index (Phi) is 3.69. The predicted octanol–water partition coefficient (Wildman–Crippen LogP) is -0.692. The minimum Gasteiger partial charge on any atom is -0.378 e. The lowest BCUT2D eigenvalue weighted by atomic mass is 10.1. The minimum absolute atomic E-state index is 0.103. The molecule has 3 heterocycles. The highest BCUT2D eigenvalue weighted by molar-refractivity contribution is 7.83. The molecule has 1 N–H and O–H groups in total. The molecule has 9 nitrogen and oxygen atoms in total. The van der Waals surface area contributed by atoms with Crippen LogP contribution in [0.1, 0.15) is 21.8 Å². The number of carbonyl (C=O) groups excluding carboxylic acids is 1. The molecule has 0 aliphatic carbocycles. The van der Waals surface area contributed by atoms with E-state index in [-0.39, 0.29) is 31.1 Å². The van der Waals surface area contributed by atoms with E-state index in [2.05, 4.69) is 5.16 Å². The highest BCUT2D eigenvalue weighted by Crippen LogP contribution is 2.25. The number of rotatable bonds is 2. The molecule has 2 aliphatic heterocycles. The fraction of sp³-hybridized carbons (Fsp3) is 0.636. The van der Waals surface area contributed by atoms with E-state index in [0.717, 1.165) is 4.31 Å². The first-order valence-corrected chi connectivity index (χ1v) is 7.93. The molecule has 0 aromatic carbocycles. The van der Waals surface area contributed by atoms with Crippen LogP contribution in [-0.4, -0.2) is 66.1 Å². The van der Waals surface area contributed by atoms with Gasteiger partial charge in [-0.2, -0.15) is 12.7 Å². The van der Waals surface area contributed by atoms with Crippen molar-refractivity contribution < 1.29 is 27.0 Å². The predicted molar refractivity (Wildman–Crippen MR) is 68.9 cm³/mol. The van der Waals surface area contributed by atoms with Gasteiger partial charge in [0.05, 0.1) is 13.2 Å². The van der Waals surface area contributed by atoms with Gasteiger partial charge in [0, 0.05) is 38.2 Å². The summed E-state index contributed by atoms with van der Waals surface area (Å²) in [7, 11) is -4.29. The van der Waals surface area contributed by atoms with E-state index >= 15 is 0 Å². The number of morpholine rings is 1. The second kappa shape index (κ2) is 5.37. The molecule has 1 aromatic rings. The summed E-state index contributed by atoms with van der Waals surface area (Å²) < 4.78 is 42.8. The van der Waals surface area contributed by atoms with Crippen molar-refractivity contribution in [3.8, 4) is 0 Å². The van der Waals surface area contributed by atoms with Gasteiger partial charge in [0.1, 0.15) is 5.76 Å². The van der Waals surface area contributed by atoms with Gasteiger partial charge in [-0.3, -0.25) is 9.35 Å². The SMILES string of the molecule is O=C(c1noc2c1CN(S(=O)(=O)O)CC2)N1CCOCC1. The molecular weight excluding hydrogens is 302 g/mol. The van der Waals surface area contributed by atoms with Crippen LogP contribution in [0, 0.1) is 0 Å². The van der Waals surface area contributed by atoms with E-state index in [9.17, 15) is 13.2 Å². The molecule has 0 spiro atoms. The van der Waals surface area contributed by atoms with Crippen molar-refractivity contribution in [1.29, 1.82) is 0 Å². The maximum absolute atomic E-state index is 12.4. The summed E-state index contributed by atoms with van der Waals surface area (Å²) >= 11 is 0. The number of aromatic nitrogens is 1. The maximum atomic E-state index is 12.4. The minimum atomic E-state index is -4.29. The van der Waals surface area contributed by atoms with E-state index in [0.29, 0.717) is 37.6 Å². The third kappa shape index (κ3) is 2.79. The van der Waals surface area contributed by atoms with Crippen LogP contribution in [0.5, 0.6) is 0 Å². The first-order chi connectivity index (χ1) is 9.97. The standard InChI is InChI=1S/C11H15N3O6S/c15-11(13-3-5-19-6-4-13)10-8-7-14(21(16,17)18)2-1-9(8)20-12-10/h1-7H2,(H,16,17,18). The summed E-state index contributed by atoms with van der Waals surface area (Å²) in [6.07, 6.45) is 0.276. The Morgan fingerprint density at radius 3 is 2.62 bits per heavy atom. The molecule has 116 valence electrons. The third-order valence-corrected chi connectivity index (χ3v) is 4.58. The largest absolute Gasteiger partial charge is 0.378 e. The van der Waals surface area contributed by atoms with E-state index in [1.54, 1.807) is 4.90 Å². The van der Waals surface area contributed by atoms with Crippen LogP contribution < -0.4 is 0 Å². The Bertz CT molecular complexity index is 649. The summed E-state index contributed by atoms with van der Waals surface area (Å²) in [5, 5.41) is 3.78. The molecular formula is C11H15N3O6S. The Labute approximate surface area is 121 Å². The van der Waals surface area contributed by atoms with Crippen LogP contribution in [0.15, 0.2) is 4.52 Å². The monoisotopic (exact) mass is 317 g/mol. The van der Waals surface area contributed by atoms with Crippen LogP contribution >= 0.6 is 0 Å². The van der Waals surface area contributed by atoms with Crippen molar-refractivity contribution in [2.75, 3.05) is 32.8 Å². The zero-order chi connectivity index (χ0) is 15.0. The van der Waals surface area contributed by atoms with Crippen LogP contribution in [0.25, 0.3) is 0 Å². The highest BCUT2D eigenvalue weighted by Gasteiger charge is 2.33. The molecule has 2 aliphatic rings. The van der Waals surface area contributed by atoms with Crippen molar-refractivity contribution in [3.05, 3.63) is 17.0 Å². The summed E-state index contributed by atoms with van der Waals surface area (Å²) in [6.45, 7) is 1.84. The van der Waals surface area contributed by atoms with E-state index in [1.807, 2.05) is 0 Å². The third-order valence-electron chi connectivity index (χ3n) is 3.62. The molecule has 1 amide bonds. The lowest BCUT2D eigenvalue weighted by Crippen LogP contribution is -2.42. The summed E-state index contributed by atoms with van der Waals surface area (Å²) in [6, 6.07) is 0. The molecule has 1 saturated heterocycles. The molecule has 0 unspecified atom stereocenters. The molecule has 0 atom stereocenters. The van der Waals surface area contributed by atoms with Gasteiger partial charge in [0.15, 0.2) is 5.69 Å². The van der Waals surface area contributed by atoms with Crippen molar-refractivity contribution in [2.45, 2.75) is 13.0 Å². The first-order valence-electron chi connectivity index (χ1n) is 6.54. The summed E-state index contributed by atoms with van der Waals surface area (Å²) in [5.41, 5.74) is 0.538. The van der Waals surface area contributed by atoms with E-state index in [1.165, 1.54) is 0 Å². The van der Waals surface area contributed by atoms with Gasteiger partial charge in [-0.25, -0.2) is 0 Å². The number of ether oxygens (including phenoxy) is 1. The molecule has 21 heavy (non-hydrogen) atoms. The quantitative estimate of drug-likeness (QED) is 0.718. The smallest absolute Gasteiger partial charge is 0.336 e. The Balaban J connectivity index is 1.85. The van der Waals surface area contributed by atoms with Gasteiger partial charge >= 0.3 is 10.3 Å². The number of hydrogen-bond acceptors (Lipinski definition) is 6. The van der Waals surface area contributed by atoms with Crippen molar-refractivity contribution in [3.63, 3.8) is 0 Å². The topological polar surface area (TPSA) is 113 Å². The van der Waals surface area contributed by atoms with E-state index in [4.69, 9.17) is 13.8 Å². The van der Waals surface area contributed by atoms with Gasteiger partial charge in [-0.1, -0.05) is 5.16 Å². The molecule has 0 radical (unpaired) electrons. The van der Waals surface area contributed by atoms with Crippen molar-refractivity contribution in [2.24, 2.45) is 0 Å². The fourth-order valence-corrected chi connectivity index (χ4v) is 3.08. The van der Waals surface area contributed by atoms with E-state index < -0.39 is 10.3 Å². The second-order valence-electron chi connectivity index (χ2n) is 4.90. The highest BCUT2D eigenvalue weighted by atomic mass is 32.2. The van der Waals surface area contributed by atoms with Crippen molar-refractivity contribution >= 4 is 16.2 Å². The van der Waals surface area contributed by atoms with Gasteiger partial charge < -0.3 is 14.2 Å². The molecule has 1 fully saturated rings. The molecule has 0 bridgehead atoms. The summed E-state index contributed by atoms with van der Waals surface area (Å²) in [5.74, 6) is 0.187. The first kappa shape index (κ1) is 14.4. The second-order valence-corrected chi connectivity index (χ2v) is 6.31. The normalized spacial score (nSPS) is 20.3. The lowest BCUT2D eigenvalue weighted by molar-refractivity contribution is 0.0295. The molecule has 3 rings (SSSR count). The van der Waals surface area contributed by atoms with Gasteiger partial charge in [0.25, 0.3) is 5.91 Å². The molecule has 1 aromatic heterocycles.